The lowest BCUT2D eigenvalue weighted by Gasteiger charge is -2.10. The SMILES string of the molecule is CCCCc1oc2ccccc2c1/C=C/C(=O)O[C@H](C)C(=O)NCC. The van der Waals surface area contributed by atoms with Crippen molar-refractivity contribution in [3.05, 3.63) is 41.7 Å². The van der Waals surface area contributed by atoms with Crippen LogP contribution >= 0.6 is 0 Å². The van der Waals surface area contributed by atoms with Crippen LogP contribution in [0.3, 0.4) is 0 Å². The van der Waals surface area contributed by atoms with Crippen LogP contribution in [0.25, 0.3) is 17.0 Å². The topological polar surface area (TPSA) is 68.5 Å². The van der Waals surface area contributed by atoms with E-state index in [0.717, 1.165) is 41.6 Å². The number of hydrogen-bond donors (Lipinski definition) is 1. The van der Waals surface area contributed by atoms with Crippen LogP contribution in [0.5, 0.6) is 0 Å². The molecule has 2 rings (SSSR count). The number of carbonyl (C=O) groups is 2. The van der Waals surface area contributed by atoms with Gasteiger partial charge in [0.2, 0.25) is 0 Å². The summed E-state index contributed by atoms with van der Waals surface area (Å²) in [5.41, 5.74) is 1.70. The van der Waals surface area contributed by atoms with Gasteiger partial charge in [-0.25, -0.2) is 4.79 Å². The molecule has 1 aromatic heterocycles. The number of furan rings is 1. The van der Waals surface area contributed by atoms with Crippen molar-refractivity contribution in [1.82, 2.24) is 5.32 Å². The lowest BCUT2D eigenvalue weighted by Crippen LogP contribution is -2.35. The third-order valence-electron chi connectivity index (χ3n) is 3.87. The molecule has 134 valence electrons. The predicted molar refractivity (Wildman–Crippen MR) is 98.1 cm³/mol. The molecular weight excluding hydrogens is 318 g/mol. The summed E-state index contributed by atoms with van der Waals surface area (Å²) in [4.78, 5) is 23.6. The second-order valence-corrected chi connectivity index (χ2v) is 5.85. The van der Waals surface area contributed by atoms with E-state index < -0.39 is 12.1 Å². The standard InChI is InChI=1S/C20H25NO4/c1-4-6-10-17-16(15-9-7-8-11-18(15)25-17)12-13-19(22)24-14(3)20(23)21-5-2/h7-9,11-14H,4-6,10H2,1-3H3,(H,21,23)/b13-12+/t14-/m1/s1. The van der Waals surface area contributed by atoms with E-state index in [-0.39, 0.29) is 5.91 Å². The molecule has 5 heteroatoms. The zero-order valence-corrected chi connectivity index (χ0v) is 15.0. The van der Waals surface area contributed by atoms with Crippen molar-refractivity contribution in [3.63, 3.8) is 0 Å². The van der Waals surface area contributed by atoms with E-state index in [0.29, 0.717) is 6.54 Å². The highest BCUT2D eigenvalue weighted by Crippen LogP contribution is 2.28. The molecule has 25 heavy (non-hydrogen) atoms. The molecule has 0 saturated heterocycles. The van der Waals surface area contributed by atoms with Crippen molar-refractivity contribution in [2.75, 3.05) is 6.54 Å². The first-order chi connectivity index (χ1) is 12.1. The number of ether oxygens (including phenoxy) is 1. The molecule has 0 unspecified atom stereocenters. The number of rotatable bonds is 8. The summed E-state index contributed by atoms with van der Waals surface area (Å²) >= 11 is 0. The molecule has 2 aromatic rings. The van der Waals surface area contributed by atoms with Gasteiger partial charge in [0.1, 0.15) is 11.3 Å². The van der Waals surface area contributed by atoms with Gasteiger partial charge in [0.05, 0.1) is 0 Å². The lowest BCUT2D eigenvalue weighted by molar-refractivity contribution is -0.150. The van der Waals surface area contributed by atoms with Gasteiger partial charge in [-0.05, 0) is 32.4 Å². The number of amides is 1. The smallest absolute Gasteiger partial charge is 0.331 e. The third-order valence-corrected chi connectivity index (χ3v) is 3.87. The van der Waals surface area contributed by atoms with Gasteiger partial charge in [0.15, 0.2) is 6.10 Å². The third kappa shape index (κ3) is 4.95. The number of unbranched alkanes of at least 4 members (excludes halogenated alkanes) is 1. The minimum atomic E-state index is -0.822. The summed E-state index contributed by atoms with van der Waals surface area (Å²) in [7, 11) is 0. The highest BCUT2D eigenvalue weighted by molar-refractivity contribution is 5.95. The van der Waals surface area contributed by atoms with Crippen LogP contribution in [0, 0.1) is 0 Å². The van der Waals surface area contributed by atoms with Crippen molar-refractivity contribution in [2.45, 2.75) is 46.1 Å². The van der Waals surface area contributed by atoms with Gasteiger partial charge in [-0.1, -0.05) is 31.5 Å². The number of para-hydroxylation sites is 1. The maximum absolute atomic E-state index is 12.0. The summed E-state index contributed by atoms with van der Waals surface area (Å²) < 4.78 is 11.0. The second-order valence-electron chi connectivity index (χ2n) is 5.85. The Labute approximate surface area is 148 Å². The quantitative estimate of drug-likeness (QED) is 0.584. The fourth-order valence-electron chi connectivity index (χ4n) is 2.56. The second kappa shape index (κ2) is 9.06. The molecule has 1 aromatic carbocycles. The van der Waals surface area contributed by atoms with Gasteiger partial charge in [0.25, 0.3) is 5.91 Å². The zero-order valence-electron chi connectivity index (χ0n) is 15.0. The number of benzene rings is 1. The fourth-order valence-corrected chi connectivity index (χ4v) is 2.56. The highest BCUT2D eigenvalue weighted by atomic mass is 16.5. The molecule has 1 atom stereocenters. The van der Waals surface area contributed by atoms with Gasteiger partial charge in [-0.2, -0.15) is 0 Å². The zero-order chi connectivity index (χ0) is 18.2. The summed E-state index contributed by atoms with van der Waals surface area (Å²) in [6.45, 7) is 5.99. The minimum Gasteiger partial charge on any atom is -0.460 e. The van der Waals surface area contributed by atoms with Crippen LogP contribution in [0.4, 0.5) is 0 Å². The van der Waals surface area contributed by atoms with Gasteiger partial charge in [-0.15, -0.1) is 0 Å². The Morgan fingerprint density at radius 2 is 2.04 bits per heavy atom. The molecule has 0 aliphatic heterocycles. The molecular formula is C20H25NO4. The fraction of sp³-hybridized carbons (Fsp3) is 0.400. The van der Waals surface area contributed by atoms with Crippen LogP contribution in [-0.2, 0) is 20.7 Å². The van der Waals surface area contributed by atoms with E-state index in [1.807, 2.05) is 31.2 Å². The predicted octanol–water partition coefficient (Wildman–Crippen LogP) is 3.86. The summed E-state index contributed by atoms with van der Waals surface area (Å²) in [6, 6.07) is 7.74. The largest absolute Gasteiger partial charge is 0.460 e. The Hall–Kier alpha value is -2.56. The van der Waals surface area contributed by atoms with Crippen molar-refractivity contribution in [2.24, 2.45) is 0 Å². The first-order valence-corrected chi connectivity index (χ1v) is 8.73. The first-order valence-electron chi connectivity index (χ1n) is 8.73. The number of fused-ring (bicyclic) bond motifs is 1. The van der Waals surface area contributed by atoms with Gasteiger partial charge in [0, 0.05) is 30.0 Å². The maximum Gasteiger partial charge on any atom is 0.331 e. The maximum atomic E-state index is 12.0. The number of nitrogens with one attached hydrogen (secondary N) is 1. The normalized spacial score (nSPS) is 12.4. The summed E-state index contributed by atoms with van der Waals surface area (Å²) in [5, 5.41) is 3.59. The molecule has 0 saturated carbocycles. The van der Waals surface area contributed by atoms with E-state index in [2.05, 4.69) is 12.2 Å². The monoisotopic (exact) mass is 343 g/mol. The van der Waals surface area contributed by atoms with Gasteiger partial charge < -0.3 is 14.5 Å². The molecule has 1 amide bonds. The van der Waals surface area contributed by atoms with E-state index in [4.69, 9.17) is 9.15 Å². The van der Waals surface area contributed by atoms with Crippen LogP contribution < -0.4 is 5.32 Å². The van der Waals surface area contributed by atoms with Crippen LogP contribution in [0.2, 0.25) is 0 Å². The van der Waals surface area contributed by atoms with Crippen LogP contribution in [-0.4, -0.2) is 24.5 Å². The lowest BCUT2D eigenvalue weighted by atomic mass is 10.1. The molecule has 1 heterocycles. The first kappa shape index (κ1) is 18.8. The van der Waals surface area contributed by atoms with E-state index in [1.54, 1.807) is 13.0 Å². The minimum absolute atomic E-state index is 0.304. The number of aryl methyl sites for hydroxylation is 1. The van der Waals surface area contributed by atoms with Crippen molar-refractivity contribution in [1.29, 1.82) is 0 Å². The van der Waals surface area contributed by atoms with Crippen LogP contribution in [0.15, 0.2) is 34.8 Å². The number of esters is 1. The van der Waals surface area contributed by atoms with Crippen molar-refractivity contribution < 1.29 is 18.7 Å². The average molecular weight is 343 g/mol. The molecule has 1 N–H and O–H groups in total. The summed E-state index contributed by atoms with van der Waals surface area (Å²) in [5.74, 6) is 0.0102. The Morgan fingerprint density at radius 1 is 1.28 bits per heavy atom. The Bertz CT molecular complexity index is 760. The number of carbonyl (C=O) groups excluding carboxylic acids is 2. The molecule has 0 spiro atoms. The number of hydrogen-bond acceptors (Lipinski definition) is 4. The van der Waals surface area contributed by atoms with Gasteiger partial charge >= 0.3 is 5.97 Å². The highest BCUT2D eigenvalue weighted by Gasteiger charge is 2.16. The van der Waals surface area contributed by atoms with E-state index in [1.165, 1.54) is 6.08 Å². The Balaban J connectivity index is 2.16. The Morgan fingerprint density at radius 3 is 2.76 bits per heavy atom. The molecule has 0 fully saturated rings. The van der Waals surface area contributed by atoms with Gasteiger partial charge in [-0.3, -0.25) is 4.79 Å². The molecule has 0 bridgehead atoms. The van der Waals surface area contributed by atoms with Crippen LogP contribution in [0.1, 0.15) is 44.9 Å². The van der Waals surface area contributed by atoms with E-state index >= 15 is 0 Å². The number of likely N-dealkylation sites (N-methyl/N-ethyl adjacent to an activating group) is 1. The molecule has 0 radical (unpaired) electrons. The Kier molecular flexibility index (Phi) is 6.81. The van der Waals surface area contributed by atoms with Crippen molar-refractivity contribution >= 4 is 28.9 Å². The molecule has 5 nitrogen and oxygen atoms in total. The van der Waals surface area contributed by atoms with Crippen molar-refractivity contribution in [3.8, 4) is 0 Å². The summed E-state index contributed by atoms with van der Waals surface area (Å²) in [6.07, 6.45) is 5.13. The van der Waals surface area contributed by atoms with E-state index in [9.17, 15) is 9.59 Å². The average Bonchev–Trinajstić information content (AvgIpc) is 2.95. The molecule has 0 aliphatic carbocycles. The molecule has 0 aliphatic rings.